The smallest absolute Gasteiger partial charge is 0.432 e. The maximum absolute atomic E-state index is 12.6. The molecule has 0 fully saturated rings. The lowest BCUT2D eigenvalue weighted by Crippen LogP contribution is -2.42. The Morgan fingerprint density at radius 1 is 1.20 bits per heavy atom. The number of hydrogen-bond donors (Lipinski definition) is 3. The monoisotopic (exact) mass is 357 g/mol. The molecule has 1 aromatic heterocycles. The van der Waals surface area contributed by atoms with E-state index in [9.17, 15) is 18.3 Å². The van der Waals surface area contributed by atoms with Crippen LogP contribution in [0.5, 0.6) is 5.75 Å². The number of rotatable bonds is 6. The zero-order chi connectivity index (χ0) is 18.7. The summed E-state index contributed by atoms with van der Waals surface area (Å²) in [4.78, 5) is 5.98. The number of nitrogens with one attached hydrogen (secondary N) is 2. The van der Waals surface area contributed by atoms with Crippen molar-refractivity contribution in [2.75, 3.05) is 13.2 Å². The van der Waals surface area contributed by atoms with Crippen molar-refractivity contribution in [3.8, 4) is 17.1 Å². The number of β-amino-alcohol motifs (C(OH)–C–C–N with tert-alkyl or cyclic N) is 1. The van der Waals surface area contributed by atoms with E-state index in [1.165, 1.54) is 0 Å². The van der Waals surface area contributed by atoms with Gasteiger partial charge in [-0.15, -0.1) is 0 Å². The lowest BCUT2D eigenvalue weighted by molar-refractivity contribution is -0.140. The fourth-order valence-electron chi connectivity index (χ4n) is 2.00. The van der Waals surface area contributed by atoms with E-state index in [1.807, 2.05) is 20.8 Å². The van der Waals surface area contributed by atoms with E-state index < -0.39 is 18.0 Å². The molecular weight excluding hydrogens is 335 g/mol. The summed E-state index contributed by atoms with van der Waals surface area (Å²) in [5, 5.41) is 13.0. The molecule has 0 saturated heterocycles. The Balaban J connectivity index is 1.91. The molecule has 0 aliphatic heterocycles. The molecule has 2 rings (SSSR count). The first kappa shape index (κ1) is 19.3. The molecule has 0 saturated carbocycles. The zero-order valence-electron chi connectivity index (χ0n) is 14.3. The highest BCUT2D eigenvalue weighted by atomic mass is 19.4. The molecule has 1 heterocycles. The number of ether oxygens (including phenoxy) is 1. The van der Waals surface area contributed by atoms with E-state index in [1.54, 1.807) is 24.3 Å². The number of imidazole rings is 1. The molecule has 8 heteroatoms. The number of aromatic nitrogens is 2. The second-order valence-electron chi connectivity index (χ2n) is 6.76. The van der Waals surface area contributed by atoms with E-state index in [2.05, 4.69) is 15.3 Å². The van der Waals surface area contributed by atoms with Crippen molar-refractivity contribution in [2.24, 2.45) is 0 Å². The normalized spacial score (nSPS) is 13.7. The van der Waals surface area contributed by atoms with Crippen molar-refractivity contribution in [1.29, 1.82) is 0 Å². The molecule has 1 atom stereocenters. The van der Waals surface area contributed by atoms with Crippen LogP contribution in [0.2, 0.25) is 0 Å². The molecular formula is C17H22F3N3O2. The summed E-state index contributed by atoms with van der Waals surface area (Å²) < 4.78 is 43.2. The van der Waals surface area contributed by atoms with Gasteiger partial charge < -0.3 is 20.1 Å². The van der Waals surface area contributed by atoms with Crippen molar-refractivity contribution in [1.82, 2.24) is 15.3 Å². The number of aliphatic hydroxyl groups excluding tert-OH is 1. The van der Waals surface area contributed by atoms with Crippen molar-refractivity contribution < 1.29 is 23.0 Å². The molecule has 0 spiro atoms. The summed E-state index contributed by atoms with van der Waals surface area (Å²) in [7, 11) is 0. The third kappa shape index (κ3) is 6.06. The van der Waals surface area contributed by atoms with Gasteiger partial charge in [0.25, 0.3) is 0 Å². The largest absolute Gasteiger partial charge is 0.491 e. The first-order chi connectivity index (χ1) is 11.5. The molecule has 25 heavy (non-hydrogen) atoms. The average Bonchev–Trinajstić information content (AvgIpc) is 3.01. The number of H-pyrrole nitrogens is 1. The van der Waals surface area contributed by atoms with Crippen LogP contribution in [0.25, 0.3) is 11.4 Å². The van der Waals surface area contributed by atoms with Gasteiger partial charge in [-0.25, -0.2) is 4.98 Å². The third-order valence-corrected chi connectivity index (χ3v) is 3.32. The maximum Gasteiger partial charge on any atom is 0.432 e. The van der Waals surface area contributed by atoms with Crippen molar-refractivity contribution in [3.05, 3.63) is 36.2 Å². The summed E-state index contributed by atoms with van der Waals surface area (Å²) >= 11 is 0. The Hall–Kier alpha value is -2.06. The van der Waals surface area contributed by atoms with Crippen LogP contribution in [0.1, 0.15) is 26.5 Å². The summed E-state index contributed by atoms with van der Waals surface area (Å²) in [5.41, 5.74) is -0.476. The molecule has 2 aromatic rings. The van der Waals surface area contributed by atoms with Crippen LogP contribution < -0.4 is 10.1 Å². The van der Waals surface area contributed by atoms with Gasteiger partial charge in [0.05, 0.1) is 6.20 Å². The fraction of sp³-hybridized carbons (Fsp3) is 0.471. The van der Waals surface area contributed by atoms with Gasteiger partial charge in [0, 0.05) is 17.6 Å². The first-order valence-corrected chi connectivity index (χ1v) is 7.83. The Kier molecular flexibility index (Phi) is 5.74. The van der Waals surface area contributed by atoms with Crippen LogP contribution in [-0.4, -0.2) is 39.9 Å². The Morgan fingerprint density at radius 3 is 2.36 bits per heavy atom. The van der Waals surface area contributed by atoms with Crippen LogP contribution in [-0.2, 0) is 6.18 Å². The van der Waals surface area contributed by atoms with Gasteiger partial charge in [-0.2, -0.15) is 13.2 Å². The zero-order valence-corrected chi connectivity index (χ0v) is 14.3. The van der Waals surface area contributed by atoms with Gasteiger partial charge in [0.1, 0.15) is 30.0 Å². The quantitative estimate of drug-likeness (QED) is 0.742. The van der Waals surface area contributed by atoms with Gasteiger partial charge >= 0.3 is 6.18 Å². The lowest BCUT2D eigenvalue weighted by atomic mass is 10.1. The summed E-state index contributed by atoms with van der Waals surface area (Å²) in [6.07, 6.45) is -4.36. The lowest BCUT2D eigenvalue weighted by Gasteiger charge is -2.22. The molecule has 0 bridgehead atoms. The van der Waals surface area contributed by atoms with Gasteiger partial charge in [0.2, 0.25) is 0 Å². The molecule has 0 amide bonds. The van der Waals surface area contributed by atoms with Crippen molar-refractivity contribution in [2.45, 2.75) is 38.6 Å². The number of aromatic amines is 1. The van der Waals surface area contributed by atoms with E-state index in [4.69, 9.17) is 4.74 Å². The predicted octanol–water partition coefficient (Wildman–Crippen LogP) is 3.22. The average molecular weight is 357 g/mol. The number of hydrogen-bond acceptors (Lipinski definition) is 4. The Labute approximate surface area is 144 Å². The minimum absolute atomic E-state index is 0.0963. The fourth-order valence-corrected chi connectivity index (χ4v) is 2.00. The minimum atomic E-state index is -4.45. The Bertz CT molecular complexity index is 676. The molecule has 5 nitrogen and oxygen atoms in total. The summed E-state index contributed by atoms with van der Waals surface area (Å²) in [5.74, 6) is 0.648. The van der Waals surface area contributed by atoms with Crippen LogP contribution in [0.3, 0.4) is 0 Å². The van der Waals surface area contributed by atoms with Gasteiger partial charge in [-0.1, -0.05) is 0 Å². The number of benzene rings is 1. The number of halogens is 3. The van der Waals surface area contributed by atoms with E-state index >= 15 is 0 Å². The Morgan fingerprint density at radius 2 is 1.84 bits per heavy atom. The van der Waals surface area contributed by atoms with Crippen molar-refractivity contribution in [3.63, 3.8) is 0 Å². The van der Waals surface area contributed by atoms with Gasteiger partial charge in [-0.3, -0.25) is 0 Å². The van der Waals surface area contributed by atoms with Crippen LogP contribution in [0.4, 0.5) is 13.2 Å². The third-order valence-electron chi connectivity index (χ3n) is 3.32. The van der Waals surface area contributed by atoms with Gasteiger partial charge in [-0.05, 0) is 45.0 Å². The summed E-state index contributed by atoms with van der Waals surface area (Å²) in [6.45, 7) is 6.50. The topological polar surface area (TPSA) is 70.2 Å². The maximum atomic E-state index is 12.6. The summed E-state index contributed by atoms with van der Waals surface area (Å²) in [6, 6.07) is 6.45. The second kappa shape index (κ2) is 7.45. The van der Waals surface area contributed by atoms with Crippen LogP contribution in [0, 0.1) is 0 Å². The van der Waals surface area contributed by atoms with Gasteiger partial charge in [0.15, 0.2) is 0 Å². The first-order valence-electron chi connectivity index (χ1n) is 7.83. The van der Waals surface area contributed by atoms with E-state index in [0.29, 0.717) is 17.9 Å². The van der Waals surface area contributed by atoms with Crippen LogP contribution >= 0.6 is 0 Å². The predicted molar refractivity (Wildman–Crippen MR) is 88.3 cm³/mol. The second-order valence-corrected chi connectivity index (χ2v) is 6.76. The highest BCUT2D eigenvalue weighted by molar-refractivity contribution is 5.56. The molecule has 138 valence electrons. The minimum Gasteiger partial charge on any atom is -0.491 e. The standard InChI is InChI=1S/C17H22F3N3O2/c1-16(2,3)22-8-12(24)10-25-13-6-4-11(5-7-13)15-21-9-14(23-15)17(18,19)20/h4-7,9,12,22,24H,8,10H2,1-3H3,(H,21,23)/t12-/m0/s1. The van der Waals surface area contributed by atoms with E-state index in [-0.39, 0.29) is 18.0 Å². The van der Waals surface area contributed by atoms with E-state index in [0.717, 1.165) is 6.20 Å². The number of alkyl halides is 3. The number of aliphatic hydroxyl groups is 1. The van der Waals surface area contributed by atoms with Crippen molar-refractivity contribution >= 4 is 0 Å². The number of nitrogens with zero attached hydrogens (tertiary/aromatic N) is 1. The molecule has 0 aliphatic carbocycles. The molecule has 0 aliphatic rings. The highest BCUT2D eigenvalue weighted by Gasteiger charge is 2.33. The van der Waals surface area contributed by atoms with Crippen LogP contribution in [0.15, 0.2) is 30.5 Å². The SMILES string of the molecule is CC(C)(C)NC[C@H](O)COc1ccc(-c2ncc(C(F)(F)F)[nH]2)cc1. The molecule has 0 unspecified atom stereocenters. The molecule has 3 N–H and O–H groups in total. The molecule has 0 radical (unpaired) electrons. The molecule has 1 aromatic carbocycles. The highest BCUT2D eigenvalue weighted by Crippen LogP contribution is 2.29.